The van der Waals surface area contributed by atoms with Crippen LogP contribution in [0.2, 0.25) is 0 Å². The highest BCUT2D eigenvalue weighted by Crippen LogP contribution is 2.29. The van der Waals surface area contributed by atoms with Crippen LogP contribution in [0.5, 0.6) is 5.75 Å². The van der Waals surface area contributed by atoms with E-state index in [2.05, 4.69) is 10.1 Å². The second kappa shape index (κ2) is 5.66. The Kier molecular flexibility index (Phi) is 3.81. The van der Waals surface area contributed by atoms with Gasteiger partial charge in [-0.05, 0) is 31.5 Å². The number of aryl methyl sites for hydroxylation is 4. The number of carbonyl (C=O) groups excluding carboxylic acids is 1. The molecule has 0 saturated carbocycles. The third kappa shape index (κ3) is 2.57. The summed E-state index contributed by atoms with van der Waals surface area (Å²) in [6.07, 6.45) is 0. The maximum atomic E-state index is 12.4. The van der Waals surface area contributed by atoms with Gasteiger partial charge in [0.2, 0.25) is 0 Å². The van der Waals surface area contributed by atoms with E-state index < -0.39 is 0 Å². The summed E-state index contributed by atoms with van der Waals surface area (Å²) >= 11 is 1.47. The molecule has 120 valence electrons. The second-order valence-corrected chi connectivity index (χ2v) is 6.40. The van der Waals surface area contributed by atoms with Crippen molar-refractivity contribution in [1.82, 2.24) is 14.3 Å². The number of carbonyl (C=O) groups is 1. The predicted octanol–water partition coefficient (Wildman–Crippen LogP) is 2.34. The molecule has 3 rings (SSSR count). The largest absolute Gasteiger partial charge is 0.495 e. The maximum Gasteiger partial charge on any atom is 0.300 e. The van der Waals surface area contributed by atoms with Gasteiger partial charge in [0.25, 0.3) is 5.91 Å². The van der Waals surface area contributed by atoms with E-state index in [0.717, 1.165) is 27.2 Å². The summed E-state index contributed by atoms with van der Waals surface area (Å²) in [6.45, 7) is 3.93. The van der Waals surface area contributed by atoms with Crippen LogP contribution in [0.3, 0.4) is 0 Å². The fourth-order valence-electron chi connectivity index (χ4n) is 2.43. The highest BCUT2D eigenvalue weighted by molar-refractivity contribution is 7.16. The van der Waals surface area contributed by atoms with E-state index in [1.165, 1.54) is 11.3 Å². The van der Waals surface area contributed by atoms with Gasteiger partial charge in [0.15, 0.2) is 10.5 Å². The fraction of sp³-hybridized carbons (Fsp3) is 0.312. The van der Waals surface area contributed by atoms with Crippen LogP contribution in [0.1, 0.15) is 21.7 Å². The van der Waals surface area contributed by atoms with Crippen molar-refractivity contribution in [2.24, 2.45) is 19.1 Å². The van der Waals surface area contributed by atoms with Gasteiger partial charge in [0.1, 0.15) is 11.3 Å². The molecule has 6 nitrogen and oxygen atoms in total. The number of fused-ring (bicyclic) bond motifs is 1. The smallest absolute Gasteiger partial charge is 0.300 e. The van der Waals surface area contributed by atoms with E-state index in [9.17, 15) is 4.79 Å². The van der Waals surface area contributed by atoms with Gasteiger partial charge < -0.3 is 9.30 Å². The Bertz CT molecular complexity index is 959. The molecule has 0 aliphatic heterocycles. The van der Waals surface area contributed by atoms with Crippen molar-refractivity contribution in [3.8, 4) is 5.75 Å². The average molecular weight is 330 g/mol. The quantitative estimate of drug-likeness (QED) is 0.724. The average Bonchev–Trinajstić information content (AvgIpc) is 3.02. The van der Waals surface area contributed by atoms with Crippen molar-refractivity contribution >= 4 is 27.5 Å². The zero-order valence-corrected chi connectivity index (χ0v) is 14.6. The molecule has 0 spiro atoms. The number of thiazole rings is 1. The monoisotopic (exact) mass is 330 g/mol. The molecule has 0 atom stereocenters. The zero-order chi connectivity index (χ0) is 16.7. The molecule has 0 saturated heterocycles. The molecule has 0 aliphatic carbocycles. The van der Waals surface area contributed by atoms with Crippen molar-refractivity contribution < 1.29 is 9.53 Å². The van der Waals surface area contributed by atoms with E-state index in [-0.39, 0.29) is 5.91 Å². The van der Waals surface area contributed by atoms with Gasteiger partial charge in [-0.15, -0.1) is 0 Å². The first kappa shape index (κ1) is 15.5. The first-order chi connectivity index (χ1) is 10.9. The van der Waals surface area contributed by atoms with Crippen molar-refractivity contribution in [1.29, 1.82) is 0 Å². The molecule has 0 N–H and O–H groups in total. The molecule has 0 fully saturated rings. The number of aromatic nitrogens is 3. The van der Waals surface area contributed by atoms with E-state index >= 15 is 0 Å². The van der Waals surface area contributed by atoms with E-state index in [4.69, 9.17) is 4.74 Å². The minimum Gasteiger partial charge on any atom is -0.495 e. The molecule has 1 amide bonds. The summed E-state index contributed by atoms with van der Waals surface area (Å²) in [5, 5.41) is 4.19. The van der Waals surface area contributed by atoms with E-state index in [1.54, 1.807) is 24.9 Å². The van der Waals surface area contributed by atoms with Crippen LogP contribution in [0, 0.1) is 13.8 Å². The molecule has 0 aliphatic rings. The lowest BCUT2D eigenvalue weighted by molar-refractivity contribution is 0.0992. The van der Waals surface area contributed by atoms with Gasteiger partial charge in [-0.3, -0.25) is 9.48 Å². The third-order valence-corrected chi connectivity index (χ3v) is 5.12. The second-order valence-electron chi connectivity index (χ2n) is 5.42. The topological polar surface area (TPSA) is 61.4 Å². The molecule has 0 bridgehead atoms. The lowest BCUT2D eigenvalue weighted by Gasteiger charge is -2.05. The number of rotatable bonds is 2. The van der Waals surface area contributed by atoms with Crippen LogP contribution in [0.25, 0.3) is 10.2 Å². The number of hydrogen-bond donors (Lipinski definition) is 0. The summed E-state index contributed by atoms with van der Waals surface area (Å²) in [7, 11) is 5.33. The first-order valence-corrected chi connectivity index (χ1v) is 7.97. The number of ether oxygens (including phenoxy) is 1. The third-order valence-electron chi connectivity index (χ3n) is 3.86. The van der Waals surface area contributed by atoms with Crippen molar-refractivity contribution in [3.05, 3.63) is 40.0 Å². The molecule has 1 aromatic carbocycles. The van der Waals surface area contributed by atoms with Gasteiger partial charge in [0, 0.05) is 19.8 Å². The number of amides is 1. The van der Waals surface area contributed by atoms with Crippen LogP contribution in [-0.2, 0) is 14.1 Å². The molecule has 2 aromatic heterocycles. The Morgan fingerprint density at radius 1 is 1.30 bits per heavy atom. The summed E-state index contributed by atoms with van der Waals surface area (Å²) in [5.41, 5.74) is 3.35. The lowest BCUT2D eigenvalue weighted by atomic mass is 10.2. The standard InChI is InChI=1S/C16H18N4O2S/c1-9-6-7-12(22-5)13-14(9)23-16(19(13)3)17-15(21)11-8-10(2)20(4)18-11/h6-8H,1-5H3. The Labute approximate surface area is 137 Å². The Morgan fingerprint density at radius 3 is 2.65 bits per heavy atom. The zero-order valence-electron chi connectivity index (χ0n) is 13.7. The van der Waals surface area contributed by atoms with Gasteiger partial charge in [-0.1, -0.05) is 17.4 Å². The van der Waals surface area contributed by atoms with Crippen molar-refractivity contribution in [2.45, 2.75) is 13.8 Å². The van der Waals surface area contributed by atoms with Gasteiger partial charge in [-0.2, -0.15) is 10.1 Å². The van der Waals surface area contributed by atoms with Gasteiger partial charge in [-0.25, -0.2) is 0 Å². The molecule has 3 aromatic rings. The SMILES string of the molecule is COc1ccc(C)c2sc(=NC(=O)c3cc(C)n(C)n3)n(C)c12. The molecule has 7 heteroatoms. The van der Waals surface area contributed by atoms with Crippen molar-refractivity contribution in [2.75, 3.05) is 7.11 Å². The molecular weight excluding hydrogens is 312 g/mol. The van der Waals surface area contributed by atoms with Crippen LogP contribution < -0.4 is 9.54 Å². The van der Waals surface area contributed by atoms with E-state index in [0.29, 0.717) is 10.5 Å². The predicted molar refractivity (Wildman–Crippen MR) is 89.9 cm³/mol. The fourth-order valence-corrected chi connectivity index (χ4v) is 3.53. The lowest BCUT2D eigenvalue weighted by Crippen LogP contribution is -2.14. The summed E-state index contributed by atoms with van der Waals surface area (Å²) in [4.78, 5) is 17.2. The Morgan fingerprint density at radius 2 is 2.04 bits per heavy atom. The summed E-state index contributed by atoms with van der Waals surface area (Å²) < 4.78 is 10.1. The molecular formula is C16H18N4O2S. The van der Waals surface area contributed by atoms with Crippen LogP contribution in [0.15, 0.2) is 23.2 Å². The summed E-state index contributed by atoms with van der Waals surface area (Å²) in [5.74, 6) is 0.430. The number of benzene rings is 1. The number of methoxy groups -OCH3 is 1. The van der Waals surface area contributed by atoms with Crippen LogP contribution >= 0.6 is 11.3 Å². The number of hydrogen-bond acceptors (Lipinski definition) is 4. The molecule has 23 heavy (non-hydrogen) atoms. The molecule has 0 radical (unpaired) electrons. The minimum atomic E-state index is -0.340. The van der Waals surface area contributed by atoms with E-state index in [1.807, 2.05) is 37.6 Å². The first-order valence-electron chi connectivity index (χ1n) is 7.15. The van der Waals surface area contributed by atoms with Crippen LogP contribution in [0.4, 0.5) is 0 Å². The molecule has 0 unspecified atom stereocenters. The maximum absolute atomic E-state index is 12.4. The highest BCUT2D eigenvalue weighted by Gasteiger charge is 2.14. The summed E-state index contributed by atoms with van der Waals surface area (Å²) in [6, 6.07) is 5.68. The van der Waals surface area contributed by atoms with Crippen LogP contribution in [-0.4, -0.2) is 27.4 Å². The van der Waals surface area contributed by atoms with Gasteiger partial charge in [0.05, 0.1) is 11.8 Å². The molecule has 2 heterocycles. The normalized spacial score (nSPS) is 12.1. The minimum absolute atomic E-state index is 0.340. The Hall–Kier alpha value is -2.41. The Balaban J connectivity index is 2.18. The highest BCUT2D eigenvalue weighted by atomic mass is 32.1. The van der Waals surface area contributed by atoms with Gasteiger partial charge >= 0.3 is 0 Å². The van der Waals surface area contributed by atoms with Crippen molar-refractivity contribution in [3.63, 3.8) is 0 Å². The number of nitrogens with zero attached hydrogens (tertiary/aromatic N) is 4.